The average molecular weight is 381 g/mol. The molecule has 0 bridgehead atoms. The number of thiazole rings is 1. The van der Waals surface area contributed by atoms with Crippen molar-refractivity contribution in [3.63, 3.8) is 0 Å². The molecule has 0 spiro atoms. The Hall–Kier alpha value is -1.94. The number of hydrogen-bond acceptors (Lipinski definition) is 6. The van der Waals surface area contributed by atoms with Crippen LogP contribution in [0.4, 0.5) is 14.5 Å². The molecule has 138 valence electrons. The lowest BCUT2D eigenvalue weighted by molar-refractivity contribution is -0.118. The number of nitrogens with zero attached hydrogens (tertiary/aromatic N) is 2. The second-order valence-electron chi connectivity index (χ2n) is 6.02. The van der Waals surface area contributed by atoms with Gasteiger partial charge >= 0.3 is 0 Å². The molecule has 1 atom stereocenters. The fraction of sp³-hybridized carbons (Fsp3) is 0.412. The molecule has 1 aromatic carbocycles. The van der Waals surface area contributed by atoms with Gasteiger partial charge in [-0.25, -0.2) is 13.8 Å². The second-order valence-corrected chi connectivity index (χ2v) is 7.17. The number of hydrogen-bond donors (Lipinski definition) is 1. The van der Waals surface area contributed by atoms with Crippen LogP contribution in [0, 0.1) is 11.6 Å². The molecule has 1 aromatic heterocycles. The third kappa shape index (κ3) is 3.35. The van der Waals surface area contributed by atoms with Crippen LogP contribution in [0.15, 0.2) is 24.4 Å². The molecule has 0 radical (unpaired) electrons. The minimum Gasteiger partial charge on any atom is -0.344 e. The van der Waals surface area contributed by atoms with Crippen molar-refractivity contribution in [2.75, 3.05) is 24.7 Å². The highest BCUT2D eigenvalue weighted by Crippen LogP contribution is 2.29. The molecule has 26 heavy (non-hydrogen) atoms. The van der Waals surface area contributed by atoms with E-state index in [1.54, 1.807) is 6.20 Å². The zero-order valence-corrected chi connectivity index (χ0v) is 14.6. The summed E-state index contributed by atoms with van der Waals surface area (Å²) >= 11 is 1.45. The normalized spacial score (nSPS) is 21.1. The number of aromatic nitrogens is 1. The lowest BCUT2D eigenvalue weighted by atomic mass is 10.2. The molecule has 4 rings (SSSR count). The standard InChI is InChI=1S/C17H17F2N3O3S/c18-11-2-1-3-12(19)14(11)22-5-4-13(16(22)23)20-8-10-9-21-15(26-10)17-24-6-7-25-17/h1-3,9,13,17,20H,4-8H2. The third-order valence-electron chi connectivity index (χ3n) is 4.33. The maximum Gasteiger partial charge on any atom is 0.244 e. The van der Waals surface area contributed by atoms with Crippen LogP contribution in [-0.4, -0.2) is 36.7 Å². The van der Waals surface area contributed by atoms with Gasteiger partial charge in [0.25, 0.3) is 0 Å². The molecule has 1 unspecified atom stereocenters. The first kappa shape index (κ1) is 17.5. The first-order chi connectivity index (χ1) is 12.6. The van der Waals surface area contributed by atoms with Gasteiger partial charge in [0.2, 0.25) is 12.2 Å². The van der Waals surface area contributed by atoms with E-state index in [2.05, 4.69) is 10.3 Å². The Morgan fingerprint density at radius 2 is 2.00 bits per heavy atom. The van der Waals surface area contributed by atoms with E-state index in [9.17, 15) is 13.6 Å². The Morgan fingerprint density at radius 3 is 2.73 bits per heavy atom. The van der Waals surface area contributed by atoms with Crippen molar-refractivity contribution in [2.45, 2.75) is 25.3 Å². The van der Waals surface area contributed by atoms with E-state index in [-0.39, 0.29) is 18.1 Å². The van der Waals surface area contributed by atoms with Crippen LogP contribution < -0.4 is 10.2 Å². The Morgan fingerprint density at radius 1 is 1.27 bits per heavy atom. The summed E-state index contributed by atoms with van der Waals surface area (Å²) in [6, 6.07) is 3.10. The van der Waals surface area contributed by atoms with Gasteiger partial charge in [0.1, 0.15) is 22.3 Å². The zero-order valence-electron chi connectivity index (χ0n) is 13.8. The first-order valence-electron chi connectivity index (χ1n) is 8.30. The molecule has 9 heteroatoms. The van der Waals surface area contributed by atoms with E-state index in [0.717, 1.165) is 22.0 Å². The van der Waals surface area contributed by atoms with E-state index < -0.39 is 24.0 Å². The van der Waals surface area contributed by atoms with Crippen LogP contribution in [-0.2, 0) is 20.8 Å². The fourth-order valence-corrected chi connectivity index (χ4v) is 3.94. The van der Waals surface area contributed by atoms with Crippen molar-refractivity contribution in [3.8, 4) is 0 Å². The topological polar surface area (TPSA) is 63.7 Å². The number of rotatable bonds is 5. The van der Waals surface area contributed by atoms with Gasteiger partial charge in [-0.2, -0.15) is 0 Å². The maximum absolute atomic E-state index is 13.9. The SMILES string of the molecule is O=C1C(NCc2cnc(C3OCCO3)s2)CCN1c1c(F)cccc1F. The minimum atomic E-state index is -0.734. The van der Waals surface area contributed by atoms with Crippen molar-refractivity contribution < 1.29 is 23.0 Å². The van der Waals surface area contributed by atoms with E-state index in [1.165, 1.54) is 22.3 Å². The smallest absolute Gasteiger partial charge is 0.244 e. The van der Waals surface area contributed by atoms with E-state index in [4.69, 9.17) is 9.47 Å². The van der Waals surface area contributed by atoms with Gasteiger partial charge in [0, 0.05) is 24.2 Å². The minimum absolute atomic E-state index is 0.270. The molecule has 1 N–H and O–H groups in total. The van der Waals surface area contributed by atoms with Crippen molar-refractivity contribution in [1.29, 1.82) is 0 Å². The summed E-state index contributed by atoms with van der Waals surface area (Å²) in [5.74, 6) is -1.80. The van der Waals surface area contributed by atoms with Crippen molar-refractivity contribution >= 4 is 22.9 Å². The molecule has 0 aliphatic carbocycles. The summed E-state index contributed by atoms with van der Waals surface area (Å²) in [7, 11) is 0. The highest BCUT2D eigenvalue weighted by molar-refractivity contribution is 7.11. The number of ether oxygens (including phenoxy) is 2. The predicted molar refractivity (Wildman–Crippen MR) is 90.7 cm³/mol. The van der Waals surface area contributed by atoms with Crippen molar-refractivity contribution in [3.05, 3.63) is 45.9 Å². The molecule has 3 heterocycles. The number of nitrogens with one attached hydrogen (secondary N) is 1. The molecule has 2 saturated heterocycles. The van der Waals surface area contributed by atoms with Gasteiger partial charge in [0.05, 0.1) is 19.3 Å². The maximum atomic E-state index is 13.9. The molecular weight excluding hydrogens is 364 g/mol. The number of carbonyl (C=O) groups excluding carboxylic acids is 1. The van der Waals surface area contributed by atoms with Gasteiger partial charge in [0.15, 0.2) is 0 Å². The third-order valence-corrected chi connectivity index (χ3v) is 5.35. The molecule has 2 aromatic rings. The molecule has 2 aliphatic rings. The number of carbonyl (C=O) groups is 1. The molecule has 2 aliphatic heterocycles. The number of para-hydroxylation sites is 1. The quantitative estimate of drug-likeness (QED) is 0.862. The van der Waals surface area contributed by atoms with Crippen molar-refractivity contribution in [1.82, 2.24) is 10.3 Å². The van der Waals surface area contributed by atoms with Gasteiger partial charge in [-0.15, -0.1) is 11.3 Å². The summed E-state index contributed by atoms with van der Waals surface area (Å²) in [6.07, 6.45) is 1.78. The van der Waals surface area contributed by atoms with Crippen molar-refractivity contribution in [2.24, 2.45) is 0 Å². The van der Waals surface area contributed by atoms with Gasteiger partial charge in [-0.05, 0) is 18.6 Å². The van der Waals surface area contributed by atoms with Crippen LogP contribution in [0.1, 0.15) is 22.6 Å². The fourth-order valence-electron chi connectivity index (χ4n) is 3.08. The average Bonchev–Trinajstić information content (AvgIpc) is 3.35. The van der Waals surface area contributed by atoms with E-state index in [1.807, 2.05) is 0 Å². The van der Waals surface area contributed by atoms with E-state index >= 15 is 0 Å². The lowest BCUT2D eigenvalue weighted by Crippen LogP contribution is -2.38. The number of benzene rings is 1. The van der Waals surface area contributed by atoms with Crippen LogP contribution >= 0.6 is 11.3 Å². The summed E-state index contributed by atoms with van der Waals surface area (Å²) in [5.41, 5.74) is -0.280. The van der Waals surface area contributed by atoms with Crippen LogP contribution in [0.5, 0.6) is 0 Å². The molecule has 6 nitrogen and oxygen atoms in total. The van der Waals surface area contributed by atoms with E-state index in [0.29, 0.717) is 26.2 Å². The highest BCUT2D eigenvalue weighted by Gasteiger charge is 2.35. The first-order valence-corrected chi connectivity index (χ1v) is 9.11. The number of amides is 1. The summed E-state index contributed by atoms with van der Waals surface area (Å²) in [6.45, 7) is 1.81. The summed E-state index contributed by atoms with van der Waals surface area (Å²) in [5, 5.41) is 3.89. The van der Waals surface area contributed by atoms with Gasteiger partial charge < -0.3 is 19.7 Å². The number of anilines is 1. The predicted octanol–water partition coefficient (Wildman–Crippen LogP) is 2.36. The lowest BCUT2D eigenvalue weighted by Gasteiger charge is -2.18. The van der Waals surface area contributed by atoms with Gasteiger partial charge in [-0.1, -0.05) is 6.07 Å². The van der Waals surface area contributed by atoms with Gasteiger partial charge in [-0.3, -0.25) is 4.79 Å². The molecule has 1 amide bonds. The molecule has 2 fully saturated rings. The Labute approximate surface area is 152 Å². The van der Waals surface area contributed by atoms with Crippen LogP contribution in [0.2, 0.25) is 0 Å². The second kappa shape index (κ2) is 7.36. The monoisotopic (exact) mass is 381 g/mol. The molecular formula is C17H17F2N3O3S. The molecule has 0 saturated carbocycles. The zero-order chi connectivity index (χ0) is 18.1. The van der Waals surface area contributed by atoms with Crippen LogP contribution in [0.3, 0.4) is 0 Å². The number of halogens is 2. The largest absolute Gasteiger partial charge is 0.344 e. The highest BCUT2D eigenvalue weighted by atomic mass is 32.1. The van der Waals surface area contributed by atoms with Crippen LogP contribution in [0.25, 0.3) is 0 Å². The Kier molecular flexibility index (Phi) is 4.94. The summed E-state index contributed by atoms with van der Waals surface area (Å²) < 4.78 is 38.7. The summed E-state index contributed by atoms with van der Waals surface area (Å²) in [4.78, 5) is 18.9. The Balaban J connectivity index is 1.38. The Bertz CT molecular complexity index is 790.